The van der Waals surface area contributed by atoms with Crippen LogP contribution in [0.1, 0.15) is 23.1 Å². The lowest BCUT2D eigenvalue weighted by molar-refractivity contribution is 0.147. The van der Waals surface area contributed by atoms with Crippen molar-refractivity contribution in [2.24, 2.45) is 0 Å². The number of hydrogen-bond acceptors (Lipinski definition) is 5. The van der Waals surface area contributed by atoms with Crippen molar-refractivity contribution in [1.29, 1.82) is 10.7 Å². The van der Waals surface area contributed by atoms with Crippen LogP contribution < -0.4 is 4.74 Å². The van der Waals surface area contributed by atoms with E-state index in [1.54, 1.807) is 6.07 Å². The molecule has 136 valence electrons. The van der Waals surface area contributed by atoms with Crippen LogP contribution in [0.5, 0.6) is 11.5 Å². The summed E-state index contributed by atoms with van der Waals surface area (Å²) in [5.74, 6) is -1.59. The Balaban J connectivity index is 2.15. The summed E-state index contributed by atoms with van der Waals surface area (Å²) < 4.78 is 79.5. The van der Waals surface area contributed by atoms with Crippen molar-refractivity contribution < 1.29 is 31.4 Å². The molecule has 0 radical (unpaired) electrons. The minimum Gasteiger partial charge on any atom is -0.457 e. The van der Waals surface area contributed by atoms with Gasteiger partial charge < -0.3 is 4.74 Å². The summed E-state index contributed by atoms with van der Waals surface area (Å²) in [5.41, 5.74) is -5.16. The summed E-state index contributed by atoms with van der Waals surface area (Å²) in [6.45, 7) is 0. The fraction of sp³-hybridized carbons (Fsp3) is 0.125. The molecule has 1 aliphatic rings. The van der Waals surface area contributed by atoms with Crippen molar-refractivity contribution in [2.75, 3.05) is 0 Å². The molecule has 0 aliphatic carbocycles. The van der Waals surface area contributed by atoms with Crippen molar-refractivity contribution in [3.63, 3.8) is 0 Å². The molecule has 0 fully saturated rings. The standard InChI is InChI=1S/C16H10F4N2O3S/c17-8-3-7(6-21)4-9(5-8)25-10-1-2-11-13(12(10)15(18)19)14(22)16(20)26(11,23)24/h1-5,15-16,22-24H. The largest absolute Gasteiger partial charge is 0.457 e. The molecule has 1 atom stereocenters. The average Bonchev–Trinajstić information content (AvgIpc) is 2.74. The molecule has 1 heterocycles. The van der Waals surface area contributed by atoms with Crippen molar-refractivity contribution in [2.45, 2.75) is 16.8 Å². The van der Waals surface area contributed by atoms with Crippen LogP contribution in [0.25, 0.3) is 0 Å². The minimum absolute atomic E-state index is 0.106. The number of fused-ring (bicyclic) bond motifs is 1. The van der Waals surface area contributed by atoms with Gasteiger partial charge >= 0.3 is 0 Å². The smallest absolute Gasteiger partial charge is 0.268 e. The maximum absolute atomic E-state index is 14.0. The first-order valence-corrected chi connectivity index (χ1v) is 8.61. The van der Waals surface area contributed by atoms with E-state index in [1.165, 1.54) is 0 Å². The van der Waals surface area contributed by atoms with Gasteiger partial charge in [0.1, 0.15) is 17.3 Å². The fourth-order valence-electron chi connectivity index (χ4n) is 2.62. The predicted molar refractivity (Wildman–Crippen MR) is 85.4 cm³/mol. The maximum atomic E-state index is 14.0. The Bertz CT molecular complexity index is 959. The van der Waals surface area contributed by atoms with E-state index in [1.807, 2.05) is 0 Å². The quantitative estimate of drug-likeness (QED) is 0.631. The van der Waals surface area contributed by atoms with Gasteiger partial charge in [0, 0.05) is 11.6 Å². The molecule has 3 N–H and O–H groups in total. The zero-order valence-electron chi connectivity index (χ0n) is 12.7. The SMILES string of the molecule is N#Cc1cc(F)cc(Oc2ccc3c(c2C(F)F)C(=N)C(F)S3(O)O)c1. The third kappa shape index (κ3) is 2.80. The van der Waals surface area contributed by atoms with E-state index in [0.29, 0.717) is 0 Å². The predicted octanol–water partition coefficient (Wildman–Crippen LogP) is 5.21. The minimum atomic E-state index is -4.08. The number of nitrogens with one attached hydrogen (secondary N) is 1. The van der Waals surface area contributed by atoms with Crippen LogP contribution in [0, 0.1) is 22.6 Å². The highest BCUT2D eigenvalue weighted by molar-refractivity contribution is 8.25. The summed E-state index contributed by atoms with van der Waals surface area (Å²) in [6.07, 6.45) is -3.23. The van der Waals surface area contributed by atoms with Gasteiger partial charge in [-0.15, -0.1) is 10.6 Å². The lowest BCUT2D eigenvalue weighted by atomic mass is 10.0. The Morgan fingerprint density at radius 3 is 2.54 bits per heavy atom. The van der Waals surface area contributed by atoms with Gasteiger partial charge in [-0.05, 0) is 24.3 Å². The monoisotopic (exact) mass is 386 g/mol. The highest BCUT2D eigenvalue weighted by atomic mass is 32.3. The van der Waals surface area contributed by atoms with Gasteiger partial charge in [0.25, 0.3) is 6.43 Å². The van der Waals surface area contributed by atoms with E-state index in [9.17, 15) is 26.7 Å². The molecular formula is C16H10F4N2O3S. The number of nitriles is 1. The summed E-state index contributed by atoms with van der Waals surface area (Å²) in [7, 11) is -4.08. The Kier molecular flexibility index (Phi) is 4.39. The lowest BCUT2D eigenvalue weighted by Gasteiger charge is -2.29. The molecule has 1 unspecified atom stereocenters. The first kappa shape index (κ1) is 18.2. The van der Waals surface area contributed by atoms with Crippen LogP contribution in [0.2, 0.25) is 0 Å². The maximum Gasteiger partial charge on any atom is 0.268 e. The van der Waals surface area contributed by atoms with E-state index in [4.69, 9.17) is 15.4 Å². The van der Waals surface area contributed by atoms with Gasteiger partial charge in [-0.1, -0.05) is 0 Å². The second-order valence-corrected chi connectivity index (χ2v) is 7.40. The van der Waals surface area contributed by atoms with Crippen LogP contribution in [0.15, 0.2) is 35.2 Å². The van der Waals surface area contributed by atoms with Gasteiger partial charge in [0.2, 0.25) is 5.50 Å². The summed E-state index contributed by atoms with van der Waals surface area (Å²) in [4.78, 5) is -0.505. The third-order valence-corrected chi connectivity index (χ3v) is 5.52. The van der Waals surface area contributed by atoms with Crippen molar-refractivity contribution in [3.05, 3.63) is 52.8 Å². The van der Waals surface area contributed by atoms with E-state index in [0.717, 1.165) is 30.3 Å². The molecule has 0 bridgehead atoms. The molecule has 1 aliphatic heterocycles. The molecule has 0 aromatic heterocycles. The van der Waals surface area contributed by atoms with Crippen LogP contribution in [-0.2, 0) is 0 Å². The molecule has 2 aromatic rings. The summed E-state index contributed by atoms with van der Waals surface area (Å²) in [6, 6.07) is 6.51. The first-order valence-electron chi connectivity index (χ1n) is 7.00. The van der Waals surface area contributed by atoms with Crippen LogP contribution >= 0.6 is 10.6 Å². The number of benzene rings is 2. The van der Waals surface area contributed by atoms with Crippen LogP contribution in [0.3, 0.4) is 0 Å². The number of halogens is 4. The molecule has 0 saturated carbocycles. The third-order valence-electron chi connectivity index (χ3n) is 3.72. The molecule has 10 heteroatoms. The number of nitrogens with zero attached hydrogens (tertiary/aromatic N) is 1. The zero-order valence-corrected chi connectivity index (χ0v) is 13.5. The second-order valence-electron chi connectivity index (χ2n) is 5.36. The first-order chi connectivity index (χ1) is 12.2. The Hall–Kier alpha value is -2.61. The van der Waals surface area contributed by atoms with Gasteiger partial charge in [-0.3, -0.25) is 14.5 Å². The fourth-order valence-corrected chi connectivity index (χ4v) is 4.07. The van der Waals surface area contributed by atoms with E-state index < -0.39 is 55.8 Å². The van der Waals surface area contributed by atoms with E-state index >= 15 is 0 Å². The lowest BCUT2D eigenvalue weighted by Crippen LogP contribution is -2.14. The van der Waals surface area contributed by atoms with Gasteiger partial charge in [-0.25, -0.2) is 17.6 Å². The van der Waals surface area contributed by atoms with Gasteiger partial charge in [-0.2, -0.15) is 5.26 Å². The summed E-state index contributed by atoms with van der Waals surface area (Å²) in [5, 5.41) is 16.5. The highest BCUT2D eigenvalue weighted by Gasteiger charge is 2.45. The normalized spacial score (nSPS) is 19.2. The molecule has 2 aromatic carbocycles. The molecule has 5 nitrogen and oxygen atoms in total. The van der Waals surface area contributed by atoms with Gasteiger partial charge in [0.05, 0.1) is 27.8 Å². The Morgan fingerprint density at radius 1 is 1.23 bits per heavy atom. The topological polar surface area (TPSA) is 97.3 Å². The molecular weight excluding hydrogens is 376 g/mol. The van der Waals surface area contributed by atoms with E-state index in [2.05, 4.69) is 0 Å². The molecule has 0 saturated heterocycles. The van der Waals surface area contributed by atoms with Gasteiger partial charge in [0.15, 0.2) is 0 Å². The molecule has 26 heavy (non-hydrogen) atoms. The zero-order chi connectivity index (χ0) is 19.2. The second kappa shape index (κ2) is 6.28. The molecule has 0 spiro atoms. The summed E-state index contributed by atoms with van der Waals surface area (Å²) >= 11 is 0. The highest BCUT2D eigenvalue weighted by Crippen LogP contribution is 2.62. The van der Waals surface area contributed by atoms with Crippen molar-refractivity contribution in [1.82, 2.24) is 0 Å². The average molecular weight is 386 g/mol. The van der Waals surface area contributed by atoms with Crippen molar-refractivity contribution in [3.8, 4) is 17.6 Å². The number of rotatable bonds is 3. The van der Waals surface area contributed by atoms with Crippen molar-refractivity contribution >= 4 is 16.3 Å². The number of alkyl halides is 3. The molecule has 0 amide bonds. The van der Waals surface area contributed by atoms with Crippen LogP contribution in [0.4, 0.5) is 17.6 Å². The Morgan fingerprint density at radius 2 is 1.92 bits per heavy atom. The number of ether oxygens (including phenoxy) is 1. The van der Waals surface area contributed by atoms with Crippen LogP contribution in [-0.4, -0.2) is 20.3 Å². The van der Waals surface area contributed by atoms with E-state index in [-0.39, 0.29) is 11.3 Å². The molecule has 3 rings (SSSR count). The Labute approximate surface area is 146 Å². The number of hydrogen-bond donors (Lipinski definition) is 3.